The number of fused-ring (bicyclic) bond motifs is 1. The van der Waals surface area contributed by atoms with Crippen molar-refractivity contribution < 1.29 is 45.4 Å². The number of benzene rings is 2. The van der Waals surface area contributed by atoms with Crippen LogP contribution in [0.4, 0.5) is 33.7 Å². The van der Waals surface area contributed by atoms with Crippen LogP contribution in [0.25, 0.3) is 0 Å². The minimum atomic E-state index is -4.72. The molecular weight excluding hydrogens is 460 g/mol. The number of nitrogens with one attached hydrogen (secondary N) is 1. The lowest BCUT2D eigenvalue weighted by molar-refractivity contribution is -0.196. The fourth-order valence-electron chi connectivity index (χ4n) is 2.63. The third-order valence-electron chi connectivity index (χ3n) is 4.17. The molecule has 13 heteroatoms. The molecule has 2 aromatic carbocycles. The Labute approximate surface area is 181 Å². The average Bonchev–Trinajstić information content (AvgIpc) is 2.74. The Bertz CT molecular complexity index is 1040. The monoisotopic (exact) mass is 480 g/mol. The van der Waals surface area contributed by atoms with Crippen LogP contribution in [-0.4, -0.2) is 52.2 Å². The highest BCUT2D eigenvalue weighted by molar-refractivity contribution is 7.92. The van der Waals surface area contributed by atoms with Crippen molar-refractivity contribution >= 4 is 27.5 Å². The average molecular weight is 480 g/mol. The second kappa shape index (κ2) is 10.0. The van der Waals surface area contributed by atoms with E-state index in [2.05, 4.69) is 10.1 Å². The quantitative estimate of drug-likeness (QED) is 0.649. The number of alkyl halides is 3. The van der Waals surface area contributed by atoms with Crippen LogP contribution in [0, 0.1) is 5.82 Å². The number of halogens is 4. The molecule has 2 N–H and O–H groups in total. The topological polar surface area (TPSA) is 105 Å². The second-order valence-corrected chi connectivity index (χ2v) is 8.14. The van der Waals surface area contributed by atoms with Crippen molar-refractivity contribution in [2.24, 2.45) is 0 Å². The number of aliphatic hydroxyl groups excluding tert-OH is 1. The van der Waals surface area contributed by atoms with Gasteiger partial charge in [0.05, 0.1) is 17.1 Å². The normalized spacial score (nSPS) is 14.3. The molecule has 1 aliphatic rings. The summed E-state index contributed by atoms with van der Waals surface area (Å²) in [6.45, 7) is 0.661. The van der Waals surface area contributed by atoms with Gasteiger partial charge in [-0.2, -0.15) is 13.2 Å². The number of hydrogen-bond donors (Lipinski definition) is 2. The summed E-state index contributed by atoms with van der Waals surface area (Å²) in [7, 11) is -3.08. The number of anilines is 2. The number of ether oxygens (including phenoxy) is 2. The smallest absolute Gasteiger partial charge is 0.425 e. The molecule has 1 atom stereocenters. The maximum atomic E-state index is 13.1. The zero-order valence-electron chi connectivity index (χ0n) is 16.9. The van der Waals surface area contributed by atoms with Crippen molar-refractivity contribution in [1.29, 1.82) is 0 Å². The van der Waals surface area contributed by atoms with Crippen molar-refractivity contribution in [3.8, 4) is 5.75 Å². The number of rotatable bonds is 4. The first-order valence-electron chi connectivity index (χ1n) is 9.03. The summed E-state index contributed by atoms with van der Waals surface area (Å²) in [5.41, 5.74) is 0.0603. The molecule has 1 unspecified atom stereocenters. The lowest BCUT2D eigenvalue weighted by Gasteiger charge is -2.30. The van der Waals surface area contributed by atoms with Gasteiger partial charge in [-0.15, -0.1) is 0 Å². The van der Waals surface area contributed by atoms with Crippen LogP contribution in [-0.2, 0) is 14.8 Å². The maximum absolute atomic E-state index is 13.1. The lowest BCUT2D eigenvalue weighted by Crippen LogP contribution is -2.38. The van der Waals surface area contributed by atoms with Gasteiger partial charge >= 0.3 is 12.3 Å². The first kappa shape index (κ1) is 25.2. The van der Waals surface area contributed by atoms with E-state index in [0.29, 0.717) is 6.92 Å². The van der Waals surface area contributed by atoms with E-state index in [1.807, 2.05) is 0 Å². The van der Waals surface area contributed by atoms with Crippen molar-refractivity contribution in [2.75, 3.05) is 29.9 Å². The molecule has 0 spiro atoms. The highest BCUT2D eigenvalue weighted by Gasteiger charge is 2.39. The third kappa shape index (κ3) is 5.79. The van der Waals surface area contributed by atoms with Crippen LogP contribution in [0.5, 0.6) is 5.75 Å². The fraction of sp³-hybridized carbons (Fsp3) is 0.316. The Morgan fingerprint density at radius 3 is 2.41 bits per heavy atom. The van der Waals surface area contributed by atoms with Crippen LogP contribution in [0.2, 0.25) is 0 Å². The molecule has 0 saturated heterocycles. The van der Waals surface area contributed by atoms with Crippen LogP contribution in [0.1, 0.15) is 6.92 Å². The number of carbonyl (C=O) groups is 1. The standard InChI is InChI=1S/C18H16F4N2O5S.CH4O/c1-11(18(20,21)22)29-17(25)23-13-4-7-16-15(10-13)24(8-9-28-16)30(26,27)14-5-2-12(19)3-6-14;1-2/h2-7,10-11H,8-9H2,1H3,(H,23,25);2H,1H3. The Hall–Kier alpha value is -3.06. The lowest BCUT2D eigenvalue weighted by atomic mass is 10.2. The summed E-state index contributed by atoms with van der Waals surface area (Å²) in [5, 5.41) is 9.13. The van der Waals surface area contributed by atoms with Gasteiger partial charge in [-0.25, -0.2) is 17.6 Å². The molecule has 0 aromatic heterocycles. The number of nitrogens with zero attached hydrogens (tertiary/aromatic N) is 1. The minimum absolute atomic E-state index is 0.00192. The Balaban J connectivity index is 0.00000176. The summed E-state index contributed by atoms with van der Waals surface area (Å²) in [4.78, 5) is 11.6. The van der Waals surface area contributed by atoms with Gasteiger partial charge in [0.2, 0.25) is 0 Å². The Kier molecular flexibility index (Phi) is 7.91. The molecule has 0 radical (unpaired) electrons. The third-order valence-corrected chi connectivity index (χ3v) is 6.00. The molecule has 8 nitrogen and oxygen atoms in total. The molecule has 32 heavy (non-hydrogen) atoms. The van der Waals surface area contributed by atoms with E-state index in [1.54, 1.807) is 0 Å². The van der Waals surface area contributed by atoms with Gasteiger partial charge in [0, 0.05) is 12.8 Å². The van der Waals surface area contributed by atoms with Crippen LogP contribution in [0.15, 0.2) is 47.4 Å². The maximum Gasteiger partial charge on any atom is 0.425 e. The highest BCUT2D eigenvalue weighted by Crippen LogP contribution is 2.37. The largest absolute Gasteiger partial charge is 0.489 e. The number of sulfonamides is 1. The van der Waals surface area contributed by atoms with E-state index >= 15 is 0 Å². The highest BCUT2D eigenvalue weighted by atomic mass is 32.2. The van der Waals surface area contributed by atoms with E-state index in [0.717, 1.165) is 35.7 Å². The number of aliphatic hydroxyl groups is 1. The number of carbonyl (C=O) groups excluding carboxylic acids is 1. The van der Waals surface area contributed by atoms with Crippen molar-refractivity contribution in [2.45, 2.75) is 24.1 Å². The first-order chi connectivity index (χ1) is 15.0. The molecule has 0 bridgehead atoms. The zero-order valence-corrected chi connectivity index (χ0v) is 17.7. The molecule has 0 fully saturated rings. The Morgan fingerprint density at radius 1 is 1.19 bits per heavy atom. The van der Waals surface area contributed by atoms with Gasteiger partial charge in [-0.05, 0) is 49.4 Å². The number of hydrogen-bond acceptors (Lipinski definition) is 6. The van der Waals surface area contributed by atoms with Crippen LogP contribution >= 0.6 is 0 Å². The molecule has 0 saturated carbocycles. The van der Waals surface area contributed by atoms with E-state index in [1.165, 1.54) is 18.2 Å². The van der Waals surface area contributed by atoms with Gasteiger partial charge < -0.3 is 14.6 Å². The number of amides is 1. The Morgan fingerprint density at radius 2 is 1.81 bits per heavy atom. The van der Waals surface area contributed by atoms with Gasteiger partial charge in [-0.3, -0.25) is 9.62 Å². The molecule has 0 aliphatic carbocycles. The van der Waals surface area contributed by atoms with E-state index in [4.69, 9.17) is 9.84 Å². The van der Waals surface area contributed by atoms with Crippen molar-refractivity contribution in [3.63, 3.8) is 0 Å². The summed E-state index contributed by atoms with van der Waals surface area (Å²) < 4.78 is 87.3. The molecule has 1 heterocycles. The predicted octanol–water partition coefficient (Wildman–Crippen LogP) is 3.52. The van der Waals surface area contributed by atoms with Gasteiger partial charge in [0.1, 0.15) is 18.2 Å². The first-order valence-corrected chi connectivity index (χ1v) is 10.5. The van der Waals surface area contributed by atoms with Gasteiger partial charge in [0.15, 0.2) is 6.10 Å². The molecule has 1 amide bonds. The van der Waals surface area contributed by atoms with Crippen molar-refractivity contribution in [1.82, 2.24) is 0 Å². The zero-order chi connectivity index (χ0) is 24.1. The molecular formula is C19H20F4N2O6S. The summed E-state index contributed by atoms with van der Waals surface area (Å²) in [5.74, 6) is -0.413. The van der Waals surface area contributed by atoms with E-state index in [-0.39, 0.29) is 35.2 Å². The minimum Gasteiger partial charge on any atom is -0.489 e. The molecule has 2 aromatic rings. The SMILES string of the molecule is CC(OC(=O)Nc1ccc2c(c1)N(S(=O)(=O)c1ccc(F)cc1)CCO2)C(F)(F)F.CO. The summed E-state index contributed by atoms with van der Waals surface area (Å²) >= 11 is 0. The predicted molar refractivity (Wildman–Crippen MR) is 107 cm³/mol. The van der Waals surface area contributed by atoms with E-state index in [9.17, 15) is 30.8 Å². The van der Waals surface area contributed by atoms with Crippen LogP contribution in [0.3, 0.4) is 0 Å². The second-order valence-electron chi connectivity index (χ2n) is 6.28. The van der Waals surface area contributed by atoms with Crippen molar-refractivity contribution in [3.05, 3.63) is 48.3 Å². The summed E-state index contributed by atoms with van der Waals surface area (Å²) in [6.07, 6.45) is -8.40. The summed E-state index contributed by atoms with van der Waals surface area (Å²) in [6, 6.07) is 8.15. The fourth-order valence-corrected chi connectivity index (χ4v) is 4.08. The van der Waals surface area contributed by atoms with Gasteiger partial charge in [-0.1, -0.05) is 0 Å². The van der Waals surface area contributed by atoms with Gasteiger partial charge in [0.25, 0.3) is 10.0 Å². The molecule has 3 rings (SSSR count). The molecule has 1 aliphatic heterocycles. The van der Waals surface area contributed by atoms with Crippen LogP contribution < -0.4 is 14.4 Å². The van der Waals surface area contributed by atoms with E-state index < -0.39 is 34.2 Å². The molecule has 176 valence electrons.